The van der Waals surface area contributed by atoms with Crippen LogP contribution < -0.4 is 5.32 Å². The molecule has 3 rings (SSSR count). The third-order valence-corrected chi connectivity index (χ3v) is 4.70. The van der Waals surface area contributed by atoms with Crippen LogP contribution in [0.1, 0.15) is 50.6 Å². The van der Waals surface area contributed by atoms with Crippen LogP contribution in [0.25, 0.3) is 0 Å². The number of carbonyl (C=O) groups excluding carboxylic acids is 2. The number of pyridine rings is 1. The fourth-order valence-electron chi connectivity index (χ4n) is 3.47. The molecule has 2 aliphatic rings. The molecule has 21 heavy (non-hydrogen) atoms. The maximum absolute atomic E-state index is 13.0. The molecule has 2 fully saturated rings. The fraction of sp³-hybridized carbons (Fsp3) is 0.562. The SMILES string of the molecule is CC(c1cccnc1)N1CC(=O)NC2(CCCCC2)C1=O. The molecule has 1 saturated carbocycles. The van der Waals surface area contributed by atoms with Gasteiger partial charge in [0.15, 0.2) is 0 Å². The highest BCUT2D eigenvalue weighted by Gasteiger charge is 2.48. The summed E-state index contributed by atoms with van der Waals surface area (Å²) < 4.78 is 0. The molecule has 1 aromatic rings. The summed E-state index contributed by atoms with van der Waals surface area (Å²) in [5.74, 6) is 0.0189. The minimum absolute atomic E-state index is 0.0489. The quantitative estimate of drug-likeness (QED) is 0.902. The second-order valence-electron chi connectivity index (χ2n) is 6.09. The van der Waals surface area contributed by atoms with Crippen LogP contribution in [0, 0.1) is 0 Å². The predicted octanol–water partition coefficient (Wildman–Crippen LogP) is 1.80. The van der Waals surface area contributed by atoms with Gasteiger partial charge in [0.1, 0.15) is 12.1 Å². The van der Waals surface area contributed by atoms with Crippen molar-refractivity contribution in [2.24, 2.45) is 0 Å². The molecule has 1 aliphatic heterocycles. The van der Waals surface area contributed by atoms with Gasteiger partial charge < -0.3 is 10.2 Å². The number of carbonyl (C=O) groups is 2. The number of piperazine rings is 1. The van der Waals surface area contributed by atoms with E-state index in [0.29, 0.717) is 0 Å². The Morgan fingerprint density at radius 2 is 2.05 bits per heavy atom. The Balaban J connectivity index is 1.87. The number of hydrogen-bond donors (Lipinski definition) is 1. The zero-order chi connectivity index (χ0) is 14.9. The smallest absolute Gasteiger partial charge is 0.249 e. The van der Waals surface area contributed by atoms with Crippen molar-refractivity contribution in [2.45, 2.75) is 50.6 Å². The Hall–Kier alpha value is -1.91. The Kier molecular flexibility index (Phi) is 3.66. The summed E-state index contributed by atoms with van der Waals surface area (Å²) in [4.78, 5) is 30.9. The molecular weight excluding hydrogens is 266 g/mol. The predicted molar refractivity (Wildman–Crippen MR) is 78.3 cm³/mol. The molecular formula is C16H21N3O2. The van der Waals surface area contributed by atoms with Gasteiger partial charge in [0, 0.05) is 12.4 Å². The van der Waals surface area contributed by atoms with Crippen molar-refractivity contribution < 1.29 is 9.59 Å². The van der Waals surface area contributed by atoms with E-state index in [-0.39, 0.29) is 24.4 Å². The van der Waals surface area contributed by atoms with Gasteiger partial charge in [0.2, 0.25) is 11.8 Å². The van der Waals surface area contributed by atoms with E-state index in [4.69, 9.17) is 0 Å². The van der Waals surface area contributed by atoms with Crippen molar-refractivity contribution >= 4 is 11.8 Å². The van der Waals surface area contributed by atoms with Gasteiger partial charge in [0.05, 0.1) is 6.04 Å². The number of hydrogen-bond acceptors (Lipinski definition) is 3. The van der Waals surface area contributed by atoms with Crippen molar-refractivity contribution in [3.63, 3.8) is 0 Å². The molecule has 1 aromatic heterocycles. The van der Waals surface area contributed by atoms with E-state index in [2.05, 4.69) is 10.3 Å². The molecule has 2 heterocycles. The van der Waals surface area contributed by atoms with Crippen molar-refractivity contribution in [1.82, 2.24) is 15.2 Å². The third kappa shape index (κ3) is 2.52. The van der Waals surface area contributed by atoms with Crippen molar-refractivity contribution in [2.75, 3.05) is 6.54 Å². The standard InChI is InChI=1S/C16H21N3O2/c1-12(13-6-5-9-17-10-13)19-11-14(20)18-16(15(19)21)7-3-2-4-8-16/h5-6,9-10,12H,2-4,7-8,11H2,1H3,(H,18,20). The first kappa shape index (κ1) is 14.0. The van der Waals surface area contributed by atoms with Gasteiger partial charge in [-0.25, -0.2) is 0 Å². The Morgan fingerprint density at radius 1 is 1.29 bits per heavy atom. The maximum atomic E-state index is 13.0. The van der Waals surface area contributed by atoms with Crippen LogP contribution in [0.5, 0.6) is 0 Å². The monoisotopic (exact) mass is 287 g/mol. The molecule has 1 aliphatic carbocycles. The minimum Gasteiger partial charge on any atom is -0.340 e. The Labute approximate surface area is 124 Å². The summed E-state index contributed by atoms with van der Waals surface area (Å²) >= 11 is 0. The molecule has 1 spiro atoms. The minimum atomic E-state index is -0.663. The number of amides is 2. The van der Waals surface area contributed by atoms with Gasteiger partial charge in [-0.15, -0.1) is 0 Å². The van der Waals surface area contributed by atoms with Crippen molar-refractivity contribution in [3.8, 4) is 0 Å². The molecule has 1 unspecified atom stereocenters. The van der Waals surface area contributed by atoms with Crippen LogP contribution in [0.2, 0.25) is 0 Å². The van der Waals surface area contributed by atoms with Crippen LogP contribution in [0.15, 0.2) is 24.5 Å². The average molecular weight is 287 g/mol. The summed E-state index contributed by atoms with van der Waals surface area (Å²) in [7, 11) is 0. The first-order chi connectivity index (χ1) is 10.1. The average Bonchev–Trinajstić information content (AvgIpc) is 2.52. The maximum Gasteiger partial charge on any atom is 0.249 e. The zero-order valence-electron chi connectivity index (χ0n) is 12.3. The number of aromatic nitrogens is 1. The molecule has 1 atom stereocenters. The molecule has 0 aromatic carbocycles. The third-order valence-electron chi connectivity index (χ3n) is 4.70. The second-order valence-corrected chi connectivity index (χ2v) is 6.09. The molecule has 1 saturated heterocycles. The molecule has 112 valence electrons. The molecule has 0 radical (unpaired) electrons. The van der Waals surface area contributed by atoms with Gasteiger partial charge in [-0.2, -0.15) is 0 Å². The Morgan fingerprint density at radius 3 is 2.71 bits per heavy atom. The lowest BCUT2D eigenvalue weighted by molar-refractivity contribution is -0.153. The first-order valence-electron chi connectivity index (χ1n) is 7.64. The normalized spacial score (nSPS) is 23.0. The van der Waals surface area contributed by atoms with E-state index in [1.165, 1.54) is 0 Å². The highest BCUT2D eigenvalue weighted by Crippen LogP contribution is 2.34. The van der Waals surface area contributed by atoms with Crippen LogP contribution in [0.4, 0.5) is 0 Å². The van der Waals surface area contributed by atoms with Gasteiger partial charge in [0.25, 0.3) is 0 Å². The van der Waals surface area contributed by atoms with Crippen molar-refractivity contribution in [1.29, 1.82) is 0 Å². The van der Waals surface area contributed by atoms with Gasteiger partial charge >= 0.3 is 0 Å². The van der Waals surface area contributed by atoms with Gasteiger partial charge in [-0.3, -0.25) is 14.6 Å². The lowest BCUT2D eigenvalue weighted by Gasteiger charge is -2.46. The molecule has 5 nitrogen and oxygen atoms in total. The number of rotatable bonds is 2. The van der Waals surface area contributed by atoms with Crippen molar-refractivity contribution in [3.05, 3.63) is 30.1 Å². The van der Waals surface area contributed by atoms with Gasteiger partial charge in [-0.05, 0) is 31.4 Å². The lowest BCUT2D eigenvalue weighted by atomic mass is 9.79. The van der Waals surface area contributed by atoms with E-state index in [1.807, 2.05) is 19.1 Å². The molecule has 1 N–H and O–H groups in total. The summed E-state index contributed by atoms with van der Waals surface area (Å²) in [5.41, 5.74) is 0.302. The fourth-order valence-corrected chi connectivity index (χ4v) is 3.47. The number of nitrogens with zero attached hydrogens (tertiary/aromatic N) is 2. The number of nitrogens with one attached hydrogen (secondary N) is 1. The highest BCUT2D eigenvalue weighted by molar-refractivity contribution is 5.98. The molecule has 2 amide bonds. The zero-order valence-corrected chi connectivity index (χ0v) is 12.3. The largest absolute Gasteiger partial charge is 0.340 e. The lowest BCUT2D eigenvalue weighted by Crippen LogP contribution is -2.67. The van der Waals surface area contributed by atoms with E-state index >= 15 is 0 Å². The highest BCUT2D eigenvalue weighted by atomic mass is 16.2. The molecule has 5 heteroatoms. The van der Waals surface area contributed by atoms with E-state index in [9.17, 15) is 9.59 Å². The summed E-state index contributed by atoms with van der Waals surface area (Å²) in [6, 6.07) is 3.68. The van der Waals surface area contributed by atoms with Crippen LogP contribution in [-0.2, 0) is 9.59 Å². The summed E-state index contributed by atoms with van der Waals surface area (Å²) in [6.45, 7) is 2.10. The van der Waals surface area contributed by atoms with Gasteiger partial charge in [-0.1, -0.05) is 25.3 Å². The van der Waals surface area contributed by atoms with Crippen LogP contribution >= 0.6 is 0 Å². The Bertz CT molecular complexity index is 538. The summed E-state index contributed by atoms with van der Waals surface area (Å²) in [6.07, 6.45) is 8.13. The second kappa shape index (κ2) is 5.47. The van der Waals surface area contributed by atoms with E-state index in [0.717, 1.165) is 37.7 Å². The van der Waals surface area contributed by atoms with Crippen LogP contribution in [0.3, 0.4) is 0 Å². The summed E-state index contributed by atoms with van der Waals surface area (Å²) in [5, 5.41) is 2.97. The van der Waals surface area contributed by atoms with E-state index < -0.39 is 5.54 Å². The first-order valence-corrected chi connectivity index (χ1v) is 7.64. The topological polar surface area (TPSA) is 62.3 Å². The molecule has 0 bridgehead atoms. The van der Waals surface area contributed by atoms with Crippen LogP contribution in [-0.4, -0.2) is 33.8 Å². The van der Waals surface area contributed by atoms with E-state index in [1.54, 1.807) is 17.3 Å².